The highest BCUT2D eigenvalue weighted by Gasteiger charge is 2.47. The molecule has 2 rings (SSSR count). The van der Waals surface area contributed by atoms with Gasteiger partial charge in [-0.3, -0.25) is 0 Å². The standard InChI is InChI=1S/C16H25NO/c1-15(2,3)11-6-8-12(9-7-11)18-14-10-13(17)16(14,4)5/h6-9,13-14H,10,17H2,1-5H3. The zero-order valence-corrected chi connectivity index (χ0v) is 12.2. The molecule has 0 aliphatic heterocycles. The van der Waals surface area contributed by atoms with Crippen molar-refractivity contribution in [1.29, 1.82) is 0 Å². The van der Waals surface area contributed by atoms with Gasteiger partial charge in [-0.05, 0) is 23.1 Å². The van der Waals surface area contributed by atoms with Gasteiger partial charge in [0.15, 0.2) is 0 Å². The molecule has 1 saturated carbocycles. The van der Waals surface area contributed by atoms with Crippen molar-refractivity contribution in [2.45, 2.75) is 58.6 Å². The number of nitrogens with two attached hydrogens (primary N) is 1. The van der Waals surface area contributed by atoms with Gasteiger partial charge < -0.3 is 10.5 Å². The summed E-state index contributed by atoms with van der Waals surface area (Å²) < 4.78 is 6.02. The van der Waals surface area contributed by atoms with Crippen LogP contribution in [0.15, 0.2) is 24.3 Å². The summed E-state index contributed by atoms with van der Waals surface area (Å²) in [5.41, 5.74) is 7.61. The minimum Gasteiger partial charge on any atom is -0.490 e. The third-order valence-corrected chi connectivity index (χ3v) is 4.25. The first kappa shape index (κ1) is 13.4. The van der Waals surface area contributed by atoms with Crippen LogP contribution in [0.25, 0.3) is 0 Å². The highest BCUT2D eigenvalue weighted by molar-refractivity contribution is 5.31. The van der Waals surface area contributed by atoms with E-state index in [0.29, 0.717) is 0 Å². The van der Waals surface area contributed by atoms with E-state index in [-0.39, 0.29) is 23.0 Å². The quantitative estimate of drug-likeness (QED) is 0.868. The fourth-order valence-electron chi connectivity index (χ4n) is 2.31. The molecule has 2 heteroatoms. The lowest BCUT2D eigenvalue weighted by Crippen LogP contribution is -2.60. The largest absolute Gasteiger partial charge is 0.490 e. The molecule has 2 nitrogen and oxygen atoms in total. The minimum atomic E-state index is 0.0860. The average molecular weight is 247 g/mol. The topological polar surface area (TPSA) is 35.2 Å². The Morgan fingerprint density at radius 3 is 2.11 bits per heavy atom. The van der Waals surface area contributed by atoms with Gasteiger partial charge in [0, 0.05) is 17.9 Å². The average Bonchev–Trinajstić information content (AvgIpc) is 2.28. The SMILES string of the molecule is CC(C)(C)c1ccc(OC2CC(N)C2(C)C)cc1. The molecule has 18 heavy (non-hydrogen) atoms. The lowest BCUT2D eigenvalue weighted by atomic mass is 9.65. The maximum Gasteiger partial charge on any atom is 0.119 e. The molecule has 0 spiro atoms. The molecule has 1 aromatic carbocycles. The van der Waals surface area contributed by atoms with Gasteiger partial charge in [-0.2, -0.15) is 0 Å². The number of hydrogen-bond donors (Lipinski definition) is 1. The molecule has 1 aromatic rings. The van der Waals surface area contributed by atoms with Crippen molar-refractivity contribution in [3.63, 3.8) is 0 Å². The fraction of sp³-hybridized carbons (Fsp3) is 0.625. The summed E-state index contributed by atoms with van der Waals surface area (Å²) in [4.78, 5) is 0. The summed E-state index contributed by atoms with van der Waals surface area (Å²) in [5.74, 6) is 0.952. The normalized spacial score (nSPS) is 26.6. The zero-order valence-electron chi connectivity index (χ0n) is 12.2. The van der Waals surface area contributed by atoms with Crippen LogP contribution < -0.4 is 10.5 Å². The van der Waals surface area contributed by atoms with E-state index in [1.54, 1.807) is 0 Å². The van der Waals surface area contributed by atoms with Crippen molar-refractivity contribution in [2.75, 3.05) is 0 Å². The molecule has 100 valence electrons. The molecular weight excluding hydrogens is 222 g/mol. The summed E-state index contributed by atoms with van der Waals surface area (Å²) in [6, 6.07) is 8.71. The Morgan fingerprint density at radius 1 is 1.17 bits per heavy atom. The minimum absolute atomic E-state index is 0.0860. The first-order valence-electron chi connectivity index (χ1n) is 6.74. The summed E-state index contributed by atoms with van der Waals surface area (Å²) in [7, 11) is 0. The Bertz CT molecular complexity index is 414. The van der Waals surface area contributed by atoms with Gasteiger partial charge in [-0.1, -0.05) is 46.8 Å². The Balaban J connectivity index is 2.04. The second kappa shape index (κ2) is 4.27. The van der Waals surface area contributed by atoms with E-state index in [4.69, 9.17) is 10.5 Å². The van der Waals surface area contributed by atoms with Crippen LogP contribution in [-0.4, -0.2) is 12.1 Å². The lowest BCUT2D eigenvalue weighted by molar-refractivity contribution is -0.0399. The summed E-state index contributed by atoms with van der Waals surface area (Å²) in [5, 5.41) is 0. The third kappa shape index (κ3) is 2.39. The number of benzene rings is 1. The molecule has 2 N–H and O–H groups in total. The summed E-state index contributed by atoms with van der Waals surface area (Å²) in [6.45, 7) is 11.0. The van der Waals surface area contributed by atoms with Crippen LogP contribution in [0.3, 0.4) is 0 Å². The van der Waals surface area contributed by atoms with Crippen LogP contribution in [0.1, 0.15) is 46.6 Å². The second-order valence-corrected chi connectivity index (χ2v) is 7.04. The van der Waals surface area contributed by atoms with Crippen molar-refractivity contribution < 1.29 is 4.74 Å². The molecule has 0 bridgehead atoms. The summed E-state index contributed by atoms with van der Waals surface area (Å²) >= 11 is 0. The van der Waals surface area contributed by atoms with Gasteiger partial charge in [0.1, 0.15) is 11.9 Å². The molecule has 0 heterocycles. The van der Waals surface area contributed by atoms with Gasteiger partial charge in [0.2, 0.25) is 0 Å². The van der Waals surface area contributed by atoms with Crippen molar-refractivity contribution in [3.05, 3.63) is 29.8 Å². The third-order valence-electron chi connectivity index (χ3n) is 4.25. The number of hydrogen-bond acceptors (Lipinski definition) is 2. The Hall–Kier alpha value is -1.02. The molecular formula is C16H25NO. The Labute approximate surface area is 111 Å². The molecule has 0 aromatic heterocycles. The summed E-state index contributed by atoms with van der Waals surface area (Å²) in [6.07, 6.45) is 1.20. The predicted octanol–water partition coefficient (Wildman–Crippen LogP) is 3.49. The van der Waals surface area contributed by atoms with E-state index in [2.05, 4.69) is 58.9 Å². The van der Waals surface area contributed by atoms with Crippen molar-refractivity contribution >= 4 is 0 Å². The Morgan fingerprint density at radius 2 is 1.72 bits per heavy atom. The van der Waals surface area contributed by atoms with Gasteiger partial charge >= 0.3 is 0 Å². The van der Waals surface area contributed by atoms with Gasteiger partial charge in [0.05, 0.1) is 0 Å². The van der Waals surface area contributed by atoms with Crippen LogP contribution in [0.2, 0.25) is 0 Å². The van der Waals surface area contributed by atoms with Gasteiger partial charge in [0.25, 0.3) is 0 Å². The molecule has 2 atom stereocenters. The van der Waals surface area contributed by atoms with E-state index in [9.17, 15) is 0 Å². The molecule has 2 unspecified atom stereocenters. The molecule has 1 aliphatic carbocycles. The highest BCUT2D eigenvalue weighted by atomic mass is 16.5. The van der Waals surface area contributed by atoms with E-state index in [1.165, 1.54) is 5.56 Å². The van der Waals surface area contributed by atoms with E-state index < -0.39 is 0 Å². The molecule has 0 amide bonds. The first-order valence-corrected chi connectivity index (χ1v) is 6.74. The van der Waals surface area contributed by atoms with Gasteiger partial charge in [-0.25, -0.2) is 0 Å². The van der Waals surface area contributed by atoms with Crippen LogP contribution >= 0.6 is 0 Å². The first-order chi connectivity index (χ1) is 8.21. The lowest BCUT2D eigenvalue weighted by Gasteiger charge is -2.49. The number of ether oxygens (including phenoxy) is 1. The van der Waals surface area contributed by atoms with Crippen molar-refractivity contribution in [2.24, 2.45) is 11.1 Å². The van der Waals surface area contributed by atoms with Crippen molar-refractivity contribution in [3.8, 4) is 5.75 Å². The van der Waals surface area contributed by atoms with E-state index >= 15 is 0 Å². The predicted molar refractivity (Wildman–Crippen MR) is 75.9 cm³/mol. The number of rotatable bonds is 2. The van der Waals surface area contributed by atoms with Gasteiger partial charge in [-0.15, -0.1) is 0 Å². The van der Waals surface area contributed by atoms with Crippen LogP contribution in [0.4, 0.5) is 0 Å². The molecule has 0 saturated heterocycles. The fourth-order valence-corrected chi connectivity index (χ4v) is 2.31. The monoisotopic (exact) mass is 247 g/mol. The molecule has 1 fully saturated rings. The van der Waals surface area contributed by atoms with Crippen molar-refractivity contribution in [1.82, 2.24) is 0 Å². The van der Waals surface area contributed by atoms with E-state index in [1.807, 2.05) is 0 Å². The van der Waals surface area contributed by atoms with Crippen LogP contribution in [-0.2, 0) is 5.41 Å². The van der Waals surface area contributed by atoms with Crippen LogP contribution in [0.5, 0.6) is 5.75 Å². The highest BCUT2D eigenvalue weighted by Crippen LogP contribution is 2.41. The zero-order chi connectivity index (χ0) is 13.6. The maximum absolute atomic E-state index is 6.02. The Kier molecular flexibility index (Phi) is 3.18. The van der Waals surface area contributed by atoms with E-state index in [0.717, 1.165) is 12.2 Å². The van der Waals surface area contributed by atoms with Crippen LogP contribution in [0, 0.1) is 5.41 Å². The maximum atomic E-state index is 6.02. The molecule has 0 radical (unpaired) electrons. The second-order valence-electron chi connectivity index (χ2n) is 7.04. The molecule has 1 aliphatic rings. The smallest absolute Gasteiger partial charge is 0.119 e.